The Morgan fingerprint density at radius 1 is 1.10 bits per heavy atom. The van der Waals surface area contributed by atoms with Gasteiger partial charge in [-0.25, -0.2) is 4.39 Å². The van der Waals surface area contributed by atoms with Gasteiger partial charge in [0.05, 0.1) is 20.3 Å². The maximum Gasteiger partial charge on any atom is 0.124 e. The van der Waals surface area contributed by atoms with Crippen molar-refractivity contribution in [3.63, 3.8) is 0 Å². The summed E-state index contributed by atoms with van der Waals surface area (Å²) in [4.78, 5) is 0. The molecule has 112 valence electrons. The Kier molecular flexibility index (Phi) is 5.20. The van der Waals surface area contributed by atoms with Crippen molar-refractivity contribution in [2.75, 3.05) is 14.2 Å². The summed E-state index contributed by atoms with van der Waals surface area (Å²) in [6.45, 7) is 0. The number of hydrogen-bond acceptors (Lipinski definition) is 3. The lowest BCUT2D eigenvalue weighted by molar-refractivity contribution is 0.177. The van der Waals surface area contributed by atoms with Crippen LogP contribution in [0.25, 0.3) is 0 Å². The summed E-state index contributed by atoms with van der Waals surface area (Å²) in [6.07, 6.45) is -0.382. The second-order valence-corrected chi connectivity index (χ2v) is 5.46. The van der Waals surface area contributed by atoms with E-state index in [4.69, 9.17) is 9.47 Å². The van der Waals surface area contributed by atoms with Gasteiger partial charge in [-0.1, -0.05) is 22.0 Å². The van der Waals surface area contributed by atoms with Crippen molar-refractivity contribution in [3.05, 3.63) is 57.8 Å². The Labute approximate surface area is 131 Å². The third kappa shape index (κ3) is 3.95. The monoisotopic (exact) mass is 354 g/mol. The SMILES string of the molecule is COc1cc(OC)cc(C(O)Cc2ccc(F)cc2Br)c1. The molecule has 0 radical (unpaired) electrons. The van der Waals surface area contributed by atoms with Crippen molar-refractivity contribution in [1.29, 1.82) is 0 Å². The highest BCUT2D eigenvalue weighted by Gasteiger charge is 2.14. The zero-order chi connectivity index (χ0) is 15.4. The molecule has 1 atom stereocenters. The molecule has 1 N–H and O–H groups in total. The van der Waals surface area contributed by atoms with E-state index in [2.05, 4.69) is 15.9 Å². The molecule has 0 saturated carbocycles. The van der Waals surface area contributed by atoms with Crippen molar-refractivity contribution < 1.29 is 19.0 Å². The van der Waals surface area contributed by atoms with Gasteiger partial charge < -0.3 is 14.6 Å². The Bertz CT molecular complexity index is 609. The van der Waals surface area contributed by atoms with Crippen LogP contribution in [0.2, 0.25) is 0 Å². The van der Waals surface area contributed by atoms with E-state index in [9.17, 15) is 9.50 Å². The van der Waals surface area contributed by atoms with Crippen LogP contribution in [0.5, 0.6) is 11.5 Å². The molecule has 0 aliphatic heterocycles. The molecule has 2 aromatic rings. The topological polar surface area (TPSA) is 38.7 Å². The van der Waals surface area contributed by atoms with Crippen LogP contribution in [0.15, 0.2) is 40.9 Å². The van der Waals surface area contributed by atoms with Gasteiger partial charge in [0.25, 0.3) is 0 Å². The highest BCUT2D eigenvalue weighted by atomic mass is 79.9. The zero-order valence-corrected chi connectivity index (χ0v) is 13.4. The molecule has 0 bridgehead atoms. The Morgan fingerprint density at radius 3 is 2.24 bits per heavy atom. The fraction of sp³-hybridized carbons (Fsp3) is 0.250. The van der Waals surface area contributed by atoms with Crippen molar-refractivity contribution in [2.45, 2.75) is 12.5 Å². The van der Waals surface area contributed by atoms with E-state index in [0.29, 0.717) is 28.0 Å². The van der Waals surface area contributed by atoms with Crippen LogP contribution in [0.4, 0.5) is 4.39 Å². The largest absolute Gasteiger partial charge is 0.497 e. The van der Waals surface area contributed by atoms with Crippen LogP contribution in [0.1, 0.15) is 17.2 Å². The normalized spacial score (nSPS) is 12.0. The van der Waals surface area contributed by atoms with Gasteiger partial charge in [-0.2, -0.15) is 0 Å². The lowest BCUT2D eigenvalue weighted by Crippen LogP contribution is -2.03. The summed E-state index contributed by atoms with van der Waals surface area (Å²) in [5, 5.41) is 10.4. The van der Waals surface area contributed by atoms with Gasteiger partial charge in [-0.05, 0) is 35.4 Å². The number of benzene rings is 2. The second kappa shape index (κ2) is 6.91. The van der Waals surface area contributed by atoms with Crippen molar-refractivity contribution in [2.24, 2.45) is 0 Å². The average Bonchev–Trinajstić information content (AvgIpc) is 2.49. The fourth-order valence-corrected chi connectivity index (χ4v) is 2.55. The molecular weight excluding hydrogens is 339 g/mol. The van der Waals surface area contributed by atoms with E-state index < -0.39 is 6.10 Å². The van der Waals surface area contributed by atoms with Gasteiger partial charge in [-0.15, -0.1) is 0 Å². The first kappa shape index (κ1) is 15.8. The van der Waals surface area contributed by atoms with Crippen molar-refractivity contribution in [1.82, 2.24) is 0 Å². The minimum atomic E-state index is -0.740. The van der Waals surface area contributed by atoms with Crippen LogP contribution in [-0.2, 0) is 6.42 Å². The summed E-state index contributed by atoms with van der Waals surface area (Å²) >= 11 is 3.30. The van der Waals surface area contributed by atoms with E-state index in [-0.39, 0.29) is 5.82 Å². The highest BCUT2D eigenvalue weighted by Crippen LogP contribution is 2.30. The molecule has 0 spiro atoms. The van der Waals surface area contributed by atoms with Crippen LogP contribution in [0.3, 0.4) is 0 Å². The average molecular weight is 355 g/mol. The van der Waals surface area contributed by atoms with Crippen molar-refractivity contribution in [3.8, 4) is 11.5 Å². The van der Waals surface area contributed by atoms with Crippen LogP contribution in [0, 0.1) is 5.82 Å². The third-order valence-corrected chi connectivity index (χ3v) is 3.93. The lowest BCUT2D eigenvalue weighted by atomic mass is 10.0. The zero-order valence-electron chi connectivity index (χ0n) is 11.8. The molecule has 5 heteroatoms. The summed E-state index contributed by atoms with van der Waals surface area (Å²) in [7, 11) is 3.11. The van der Waals surface area contributed by atoms with E-state index in [1.807, 2.05) is 0 Å². The summed E-state index contributed by atoms with van der Waals surface area (Å²) < 4.78 is 24.1. The molecule has 2 aromatic carbocycles. The molecule has 0 fully saturated rings. The molecule has 3 nitrogen and oxygen atoms in total. The summed E-state index contributed by atoms with van der Waals surface area (Å²) in [5.41, 5.74) is 1.51. The number of ether oxygens (including phenoxy) is 2. The summed E-state index contributed by atoms with van der Waals surface area (Å²) in [5.74, 6) is 0.909. The number of methoxy groups -OCH3 is 2. The molecule has 0 saturated heterocycles. The molecule has 0 heterocycles. The predicted molar refractivity (Wildman–Crippen MR) is 82.3 cm³/mol. The van der Waals surface area contributed by atoms with E-state index in [1.165, 1.54) is 12.1 Å². The molecule has 21 heavy (non-hydrogen) atoms. The molecule has 0 aliphatic carbocycles. The summed E-state index contributed by atoms with van der Waals surface area (Å²) in [6, 6.07) is 9.66. The molecule has 0 aliphatic rings. The maximum absolute atomic E-state index is 13.1. The Morgan fingerprint density at radius 2 is 1.71 bits per heavy atom. The molecule has 1 unspecified atom stereocenters. The molecular formula is C16H16BrFO3. The molecule has 0 amide bonds. The second-order valence-electron chi connectivity index (χ2n) is 4.60. The van der Waals surface area contributed by atoms with Gasteiger partial charge in [0, 0.05) is 17.0 Å². The fourth-order valence-electron chi connectivity index (χ4n) is 2.04. The van der Waals surface area contributed by atoms with Gasteiger partial charge in [0.15, 0.2) is 0 Å². The van der Waals surface area contributed by atoms with Gasteiger partial charge in [0.1, 0.15) is 17.3 Å². The minimum absolute atomic E-state index is 0.317. The first-order valence-corrected chi connectivity index (χ1v) is 7.17. The lowest BCUT2D eigenvalue weighted by Gasteiger charge is -2.15. The van der Waals surface area contributed by atoms with E-state index in [0.717, 1.165) is 5.56 Å². The van der Waals surface area contributed by atoms with E-state index in [1.54, 1.807) is 38.5 Å². The van der Waals surface area contributed by atoms with E-state index >= 15 is 0 Å². The first-order valence-electron chi connectivity index (χ1n) is 6.38. The quantitative estimate of drug-likeness (QED) is 0.885. The predicted octanol–water partition coefficient (Wildman–Crippen LogP) is 3.88. The number of hydrogen-bond donors (Lipinski definition) is 1. The van der Waals surface area contributed by atoms with Crippen LogP contribution < -0.4 is 9.47 Å². The minimum Gasteiger partial charge on any atom is -0.497 e. The van der Waals surface area contributed by atoms with Gasteiger partial charge in [0.2, 0.25) is 0 Å². The smallest absolute Gasteiger partial charge is 0.124 e. The Hall–Kier alpha value is -1.59. The number of rotatable bonds is 5. The van der Waals surface area contributed by atoms with Crippen LogP contribution in [-0.4, -0.2) is 19.3 Å². The first-order chi connectivity index (χ1) is 10.0. The maximum atomic E-state index is 13.1. The number of aliphatic hydroxyl groups excluding tert-OH is 1. The van der Waals surface area contributed by atoms with Gasteiger partial charge >= 0.3 is 0 Å². The Balaban J connectivity index is 2.25. The number of aliphatic hydroxyl groups is 1. The third-order valence-electron chi connectivity index (χ3n) is 3.19. The van der Waals surface area contributed by atoms with Gasteiger partial charge in [-0.3, -0.25) is 0 Å². The highest BCUT2D eigenvalue weighted by molar-refractivity contribution is 9.10. The van der Waals surface area contributed by atoms with Crippen molar-refractivity contribution >= 4 is 15.9 Å². The number of halogens is 2. The molecule has 0 aromatic heterocycles. The molecule has 2 rings (SSSR count). The standard InChI is InChI=1S/C16H16BrFO3/c1-20-13-5-11(6-14(9-13)21-2)16(19)7-10-3-4-12(18)8-15(10)17/h3-6,8-9,16,19H,7H2,1-2H3. The van der Waals surface area contributed by atoms with Crippen LogP contribution >= 0.6 is 15.9 Å².